The lowest BCUT2D eigenvalue weighted by Gasteiger charge is -2.22. The number of aromatic nitrogens is 3. The van der Waals surface area contributed by atoms with Crippen LogP contribution in [0.25, 0.3) is 89.1 Å². The molecule has 0 N–H and O–H groups in total. The summed E-state index contributed by atoms with van der Waals surface area (Å²) in [6, 6.07) is 61.5. The Kier molecular flexibility index (Phi) is 8.17. The minimum absolute atomic E-state index is 0.0500. The third-order valence-electron chi connectivity index (χ3n) is 11.9. The first kappa shape index (κ1) is 35.0. The van der Waals surface area contributed by atoms with E-state index in [0.717, 1.165) is 38.6 Å². The predicted molar refractivity (Wildman–Crippen MR) is 243 cm³/mol. The molecule has 0 amide bonds. The van der Waals surface area contributed by atoms with Crippen LogP contribution in [-0.4, -0.2) is 23.0 Å². The molecule has 4 heteroatoms. The molecule has 0 atom stereocenters. The molecule has 0 radical (unpaired) electrons. The van der Waals surface area contributed by atoms with Crippen LogP contribution in [0.1, 0.15) is 25.0 Å². The zero-order valence-electron chi connectivity index (χ0n) is 33.0. The van der Waals surface area contributed by atoms with Gasteiger partial charge in [-0.3, -0.25) is 0 Å². The Labute approximate surface area is 335 Å². The van der Waals surface area contributed by atoms with E-state index >= 15 is 0 Å². The number of fused-ring (bicyclic) bond motifs is 6. The van der Waals surface area contributed by atoms with Crippen LogP contribution in [-0.2, 0) is 5.41 Å². The topological polar surface area (TPSA) is 38.7 Å². The van der Waals surface area contributed by atoms with Crippen LogP contribution < -0.4 is 5.19 Å². The van der Waals surface area contributed by atoms with Crippen molar-refractivity contribution in [2.24, 2.45) is 0 Å². The molecule has 0 bridgehead atoms. The lowest BCUT2D eigenvalue weighted by Crippen LogP contribution is -2.37. The highest BCUT2D eigenvalue weighted by molar-refractivity contribution is 6.88. The predicted octanol–water partition coefficient (Wildman–Crippen LogP) is 13.4. The fourth-order valence-corrected chi connectivity index (χ4v) is 9.88. The van der Waals surface area contributed by atoms with Gasteiger partial charge < -0.3 is 0 Å². The summed E-state index contributed by atoms with van der Waals surface area (Å²) >= 11 is 0. The fourth-order valence-electron chi connectivity index (χ4n) is 8.71. The number of hydrogen-bond acceptors (Lipinski definition) is 3. The van der Waals surface area contributed by atoms with Crippen LogP contribution in [0, 0.1) is 0 Å². The van der Waals surface area contributed by atoms with E-state index in [0.29, 0.717) is 17.5 Å². The van der Waals surface area contributed by atoms with Gasteiger partial charge in [-0.2, -0.15) is 0 Å². The summed E-state index contributed by atoms with van der Waals surface area (Å²) in [4.78, 5) is 15.7. The van der Waals surface area contributed by atoms with Crippen molar-refractivity contribution in [1.29, 1.82) is 0 Å². The third kappa shape index (κ3) is 6.08. The van der Waals surface area contributed by atoms with E-state index in [1.165, 1.54) is 49.3 Å². The molecule has 0 spiro atoms. The maximum atomic E-state index is 5.26. The second-order valence-electron chi connectivity index (χ2n) is 16.9. The van der Waals surface area contributed by atoms with E-state index in [1.54, 1.807) is 0 Å². The van der Waals surface area contributed by atoms with E-state index in [4.69, 9.17) is 15.0 Å². The van der Waals surface area contributed by atoms with Gasteiger partial charge in [-0.15, -0.1) is 0 Å². The van der Waals surface area contributed by atoms with Gasteiger partial charge in [0.2, 0.25) is 0 Å². The molecule has 1 aliphatic rings. The molecular weight excluding hydrogens is 707 g/mol. The second-order valence-corrected chi connectivity index (χ2v) is 22.0. The summed E-state index contributed by atoms with van der Waals surface area (Å²) in [5.74, 6) is 1.99. The number of hydrogen-bond donors (Lipinski definition) is 0. The maximum absolute atomic E-state index is 5.26. The molecular formula is C53H43N3Si. The molecule has 0 saturated heterocycles. The van der Waals surface area contributed by atoms with E-state index in [2.05, 4.69) is 203 Å². The van der Waals surface area contributed by atoms with Crippen LogP contribution in [0.4, 0.5) is 0 Å². The Balaban J connectivity index is 1.08. The summed E-state index contributed by atoms with van der Waals surface area (Å²) in [6.07, 6.45) is 0. The molecule has 0 saturated carbocycles. The van der Waals surface area contributed by atoms with Gasteiger partial charge in [0, 0.05) is 22.1 Å². The van der Waals surface area contributed by atoms with Gasteiger partial charge in [-0.05, 0) is 90.3 Å². The van der Waals surface area contributed by atoms with Gasteiger partial charge in [-0.25, -0.2) is 15.0 Å². The monoisotopic (exact) mass is 749 g/mol. The van der Waals surface area contributed by atoms with E-state index < -0.39 is 8.07 Å². The molecule has 1 aliphatic carbocycles. The van der Waals surface area contributed by atoms with Crippen molar-refractivity contribution < 1.29 is 0 Å². The van der Waals surface area contributed by atoms with Gasteiger partial charge in [0.25, 0.3) is 0 Å². The maximum Gasteiger partial charge on any atom is 0.164 e. The molecule has 1 heterocycles. The normalized spacial score (nSPS) is 13.1. The van der Waals surface area contributed by atoms with Crippen molar-refractivity contribution in [3.63, 3.8) is 0 Å². The molecule has 0 aliphatic heterocycles. The first-order chi connectivity index (χ1) is 27.6. The number of rotatable bonds is 6. The SMILES string of the molecule is CC1(C)c2ccccc2-c2ccc(-c3cccc(-c4cccc(-c5nc(-c6ccc([Si](C)(C)C)cc6)nc(-c6cc7ccccc7c7ccccc67)n5)c4)c3)cc21. The van der Waals surface area contributed by atoms with Crippen molar-refractivity contribution in [3.05, 3.63) is 181 Å². The Bertz CT molecular complexity index is 3030. The highest BCUT2D eigenvalue weighted by atomic mass is 28.3. The zero-order chi connectivity index (χ0) is 38.9. The minimum Gasteiger partial charge on any atom is -0.208 e. The van der Waals surface area contributed by atoms with Crippen LogP contribution >= 0.6 is 0 Å². The molecule has 10 rings (SSSR count). The first-order valence-electron chi connectivity index (χ1n) is 19.9. The lowest BCUT2D eigenvalue weighted by molar-refractivity contribution is 0.660. The van der Waals surface area contributed by atoms with Crippen LogP contribution in [0.2, 0.25) is 19.6 Å². The quantitative estimate of drug-likeness (QED) is 0.125. The summed E-state index contributed by atoms with van der Waals surface area (Å²) < 4.78 is 0. The highest BCUT2D eigenvalue weighted by Gasteiger charge is 2.35. The summed E-state index contributed by atoms with van der Waals surface area (Å²) in [7, 11) is -1.48. The van der Waals surface area contributed by atoms with Gasteiger partial charge in [0.05, 0.1) is 8.07 Å². The lowest BCUT2D eigenvalue weighted by atomic mass is 9.81. The third-order valence-corrected chi connectivity index (χ3v) is 14.0. The molecule has 8 aromatic carbocycles. The van der Waals surface area contributed by atoms with E-state index in [-0.39, 0.29) is 5.41 Å². The van der Waals surface area contributed by atoms with Crippen LogP contribution in [0.15, 0.2) is 170 Å². The number of nitrogens with zero attached hydrogens (tertiary/aromatic N) is 3. The molecule has 3 nitrogen and oxygen atoms in total. The molecule has 9 aromatic rings. The van der Waals surface area contributed by atoms with Crippen LogP contribution in [0.3, 0.4) is 0 Å². The van der Waals surface area contributed by atoms with Crippen molar-refractivity contribution in [2.45, 2.75) is 38.9 Å². The van der Waals surface area contributed by atoms with Gasteiger partial charge >= 0.3 is 0 Å². The fraction of sp³-hybridized carbons (Fsp3) is 0.113. The molecule has 0 unspecified atom stereocenters. The Morgan fingerprint density at radius 3 is 1.61 bits per heavy atom. The Morgan fingerprint density at radius 1 is 0.368 bits per heavy atom. The summed E-state index contributed by atoms with van der Waals surface area (Å²) in [5.41, 5.74) is 13.0. The molecule has 1 aromatic heterocycles. The Morgan fingerprint density at radius 2 is 0.895 bits per heavy atom. The molecule has 0 fully saturated rings. The van der Waals surface area contributed by atoms with Gasteiger partial charge in [-0.1, -0.05) is 184 Å². The van der Waals surface area contributed by atoms with Crippen molar-refractivity contribution in [2.75, 3.05) is 0 Å². The standard InChI is InChI=1S/C53H43N3Si/c1-53(2)48-23-11-10-22-45(48)46-29-26-38(33-49(46)53)36-16-12-15-35(30-36)37-17-13-18-40(31-37)51-54-50(34-24-27-41(28-25-34)57(3,4)5)55-52(56-51)47-32-39-14-6-7-19-42(39)43-20-8-9-21-44(43)47/h6-33H,1-5H3. The minimum atomic E-state index is -1.48. The average molecular weight is 750 g/mol. The second kappa shape index (κ2) is 13.3. The Hall–Kier alpha value is -6.49. The van der Waals surface area contributed by atoms with E-state index in [1.807, 2.05) is 0 Å². The van der Waals surface area contributed by atoms with Crippen LogP contribution in [0.5, 0.6) is 0 Å². The number of benzene rings is 8. The molecule has 274 valence electrons. The summed E-state index contributed by atoms with van der Waals surface area (Å²) in [6.45, 7) is 11.8. The average Bonchev–Trinajstić information content (AvgIpc) is 3.48. The highest BCUT2D eigenvalue weighted by Crippen LogP contribution is 2.49. The zero-order valence-corrected chi connectivity index (χ0v) is 34.0. The molecule has 57 heavy (non-hydrogen) atoms. The van der Waals surface area contributed by atoms with Crippen molar-refractivity contribution >= 4 is 34.8 Å². The van der Waals surface area contributed by atoms with E-state index in [9.17, 15) is 0 Å². The van der Waals surface area contributed by atoms with Gasteiger partial charge in [0.15, 0.2) is 17.5 Å². The van der Waals surface area contributed by atoms with Crippen molar-refractivity contribution in [3.8, 4) is 67.5 Å². The first-order valence-corrected chi connectivity index (χ1v) is 23.4. The summed E-state index contributed by atoms with van der Waals surface area (Å²) in [5, 5.41) is 6.10. The largest absolute Gasteiger partial charge is 0.208 e. The van der Waals surface area contributed by atoms with Crippen molar-refractivity contribution in [1.82, 2.24) is 15.0 Å². The van der Waals surface area contributed by atoms with Gasteiger partial charge in [0.1, 0.15) is 0 Å². The smallest absolute Gasteiger partial charge is 0.164 e.